The third-order valence-electron chi connectivity index (χ3n) is 2.81. The van der Waals surface area contributed by atoms with Crippen molar-refractivity contribution in [1.82, 2.24) is 5.43 Å². The van der Waals surface area contributed by atoms with Crippen LogP contribution in [0.2, 0.25) is 0 Å². The van der Waals surface area contributed by atoms with E-state index in [1.54, 1.807) is 26.0 Å². The quantitative estimate of drug-likeness (QED) is 0.601. The molecule has 5 nitrogen and oxygen atoms in total. The molecule has 0 bridgehead atoms. The SMILES string of the molecule is Cc1ccc2c(c1)C(=O)/C(=N\NC(N)=S)C(C)(C)O2. The van der Waals surface area contributed by atoms with Crippen molar-refractivity contribution in [3.8, 4) is 5.75 Å². The fraction of sp³-hybridized carbons (Fsp3) is 0.308. The molecule has 0 saturated heterocycles. The Morgan fingerprint density at radius 1 is 1.47 bits per heavy atom. The molecule has 2 rings (SSSR count). The van der Waals surface area contributed by atoms with E-state index in [1.165, 1.54) is 0 Å². The zero-order valence-corrected chi connectivity index (χ0v) is 11.8. The monoisotopic (exact) mass is 277 g/mol. The number of benzene rings is 1. The molecule has 0 spiro atoms. The van der Waals surface area contributed by atoms with Gasteiger partial charge in [-0.05, 0) is 45.1 Å². The Kier molecular flexibility index (Phi) is 3.28. The van der Waals surface area contributed by atoms with Gasteiger partial charge in [-0.3, -0.25) is 10.2 Å². The number of carbonyl (C=O) groups excluding carboxylic acids is 1. The molecular formula is C13H15N3O2S. The minimum absolute atomic E-state index is 0.00568. The summed E-state index contributed by atoms with van der Waals surface area (Å²) in [7, 11) is 0. The molecule has 0 fully saturated rings. The molecule has 0 radical (unpaired) electrons. The zero-order valence-electron chi connectivity index (χ0n) is 11.0. The van der Waals surface area contributed by atoms with Gasteiger partial charge in [-0.1, -0.05) is 11.6 Å². The van der Waals surface area contributed by atoms with Gasteiger partial charge in [0.15, 0.2) is 16.4 Å². The van der Waals surface area contributed by atoms with Crippen LogP contribution in [-0.4, -0.2) is 22.2 Å². The molecule has 0 aromatic heterocycles. The van der Waals surface area contributed by atoms with Gasteiger partial charge in [-0.2, -0.15) is 5.10 Å². The predicted molar refractivity (Wildman–Crippen MR) is 77.6 cm³/mol. The minimum atomic E-state index is -0.836. The fourth-order valence-electron chi connectivity index (χ4n) is 1.93. The van der Waals surface area contributed by atoms with E-state index in [1.807, 2.05) is 13.0 Å². The van der Waals surface area contributed by atoms with Crippen LogP contribution in [0.25, 0.3) is 0 Å². The highest BCUT2D eigenvalue weighted by atomic mass is 32.1. The van der Waals surface area contributed by atoms with E-state index in [9.17, 15) is 4.79 Å². The van der Waals surface area contributed by atoms with Crippen LogP contribution in [0.3, 0.4) is 0 Å². The van der Waals surface area contributed by atoms with Gasteiger partial charge in [-0.15, -0.1) is 0 Å². The van der Waals surface area contributed by atoms with Gasteiger partial charge in [0.05, 0.1) is 5.56 Å². The molecule has 1 aliphatic heterocycles. The lowest BCUT2D eigenvalue weighted by Gasteiger charge is -2.32. The number of hydrogen-bond donors (Lipinski definition) is 2. The van der Waals surface area contributed by atoms with Crippen molar-refractivity contribution in [2.24, 2.45) is 10.8 Å². The fourth-order valence-corrected chi connectivity index (χ4v) is 1.98. The lowest BCUT2D eigenvalue weighted by molar-refractivity contribution is 0.0981. The molecule has 1 heterocycles. The number of nitrogens with zero attached hydrogens (tertiary/aromatic N) is 1. The molecule has 0 amide bonds. The van der Waals surface area contributed by atoms with E-state index >= 15 is 0 Å². The molecule has 100 valence electrons. The molecule has 0 unspecified atom stereocenters. The van der Waals surface area contributed by atoms with Crippen molar-refractivity contribution in [1.29, 1.82) is 0 Å². The number of rotatable bonds is 1. The van der Waals surface area contributed by atoms with Gasteiger partial charge >= 0.3 is 0 Å². The smallest absolute Gasteiger partial charge is 0.216 e. The summed E-state index contributed by atoms with van der Waals surface area (Å²) in [5.74, 6) is 0.383. The summed E-state index contributed by atoms with van der Waals surface area (Å²) in [5.41, 5.74) is 8.66. The summed E-state index contributed by atoms with van der Waals surface area (Å²) in [6, 6.07) is 5.48. The van der Waals surface area contributed by atoms with E-state index in [0.717, 1.165) is 5.56 Å². The maximum Gasteiger partial charge on any atom is 0.216 e. The summed E-state index contributed by atoms with van der Waals surface area (Å²) < 4.78 is 5.81. The molecule has 0 atom stereocenters. The first-order valence-corrected chi connectivity index (χ1v) is 6.20. The van der Waals surface area contributed by atoms with Crippen LogP contribution in [0.4, 0.5) is 0 Å². The molecular weight excluding hydrogens is 262 g/mol. The van der Waals surface area contributed by atoms with Crippen molar-refractivity contribution in [2.75, 3.05) is 0 Å². The average Bonchev–Trinajstić information content (AvgIpc) is 2.29. The van der Waals surface area contributed by atoms with Crippen molar-refractivity contribution in [3.63, 3.8) is 0 Å². The molecule has 3 N–H and O–H groups in total. The number of carbonyl (C=O) groups is 1. The summed E-state index contributed by atoms with van der Waals surface area (Å²) >= 11 is 4.68. The Morgan fingerprint density at radius 3 is 2.79 bits per heavy atom. The van der Waals surface area contributed by atoms with Crippen LogP contribution in [0.15, 0.2) is 23.3 Å². The van der Waals surface area contributed by atoms with E-state index in [2.05, 4.69) is 22.7 Å². The molecule has 6 heteroatoms. The Morgan fingerprint density at radius 2 is 2.16 bits per heavy atom. The minimum Gasteiger partial charge on any atom is -0.481 e. The zero-order chi connectivity index (χ0) is 14.2. The Hall–Kier alpha value is -1.95. The van der Waals surface area contributed by atoms with Crippen molar-refractivity contribution in [2.45, 2.75) is 26.4 Å². The van der Waals surface area contributed by atoms with Crippen LogP contribution in [0.5, 0.6) is 5.75 Å². The van der Waals surface area contributed by atoms with Gasteiger partial charge in [0.1, 0.15) is 5.75 Å². The van der Waals surface area contributed by atoms with Gasteiger partial charge in [-0.25, -0.2) is 0 Å². The maximum absolute atomic E-state index is 12.5. The predicted octanol–water partition coefficient (Wildman–Crippen LogP) is 1.54. The second kappa shape index (κ2) is 4.62. The van der Waals surface area contributed by atoms with E-state index < -0.39 is 5.60 Å². The van der Waals surface area contributed by atoms with Crippen LogP contribution in [0, 0.1) is 6.92 Å². The number of ether oxygens (including phenoxy) is 1. The topological polar surface area (TPSA) is 76.7 Å². The Labute approximate surface area is 116 Å². The summed E-state index contributed by atoms with van der Waals surface area (Å²) in [6.07, 6.45) is 0. The van der Waals surface area contributed by atoms with Crippen LogP contribution in [0.1, 0.15) is 29.8 Å². The number of aryl methyl sites for hydroxylation is 1. The highest BCUT2D eigenvalue weighted by Crippen LogP contribution is 2.32. The van der Waals surface area contributed by atoms with Crippen molar-refractivity contribution in [3.05, 3.63) is 29.3 Å². The first-order chi connectivity index (χ1) is 8.81. The van der Waals surface area contributed by atoms with Gasteiger partial charge < -0.3 is 10.5 Å². The van der Waals surface area contributed by atoms with E-state index in [0.29, 0.717) is 11.3 Å². The van der Waals surface area contributed by atoms with E-state index in [4.69, 9.17) is 10.5 Å². The Bertz CT molecular complexity index is 594. The first kappa shape index (κ1) is 13.5. The van der Waals surface area contributed by atoms with Crippen LogP contribution < -0.4 is 15.9 Å². The van der Waals surface area contributed by atoms with Gasteiger partial charge in [0.25, 0.3) is 0 Å². The summed E-state index contributed by atoms with van der Waals surface area (Å²) in [6.45, 7) is 5.46. The molecule has 1 aromatic rings. The molecule has 1 aromatic carbocycles. The lowest BCUT2D eigenvalue weighted by atomic mass is 9.90. The number of ketones is 1. The number of hydrazone groups is 1. The van der Waals surface area contributed by atoms with Crippen LogP contribution in [-0.2, 0) is 0 Å². The third kappa shape index (κ3) is 2.58. The van der Waals surface area contributed by atoms with Crippen LogP contribution >= 0.6 is 12.2 Å². The second-order valence-corrected chi connectivity index (χ2v) is 5.32. The molecule has 0 aliphatic carbocycles. The molecule has 1 aliphatic rings. The largest absolute Gasteiger partial charge is 0.481 e. The van der Waals surface area contributed by atoms with E-state index in [-0.39, 0.29) is 16.6 Å². The van der Waals surface area contributed by atoms with Crippen molar-refractivity contribution >= 4 is 28.8 Å². The first-order valence-electron chi connectivity index (χ1n) is 5.79. The standard InChI is InChI=1S/C13H15N3O2S/c1-7-4-5-9-8(6-7)10(17)11(13(2,3)18-9)15-16-12(14)19/h4-6H,1-3H3,(H3,14,16,19)/b15-11+. The molecule has 19 heavy (non-hydrogen) atoms. The highest BCUT2D eigenvalue weighted by Gasteiger charge is 2.40. The number of Topliss-reactive ketones (excluding diaryl/α,β-unsaturated/α-hetero) is 1. The number of fused-ring (bicyclic) bond motifs is 1. The Balaban J connectivity index is 2.50. The lowest BCUT2D eigenvalue weighted by Crippen LogP contribution is -2.48. The normalized spacial score (nSPS) is 18.7. The third-order valence-corrected chi connectivity index (χ3v) is 2.90. The van der Waals surface area contributed by atoms with Gasteiger partial charge in [0.2, 0.25) is 5.78 Å². The summed E-state index contributed by atoms with van der Waals surface area (Å²) in [5, 5.41) is 3.98. The summed E-state index contributed by atoms with van der Waals surface area (Å²) in [4.78, 5) is 12.5. The van der Waals surface area contributed by atoms with Crippen molar-refractivity contribution < 1.29 is 9.53 Å². The highest BCUT2D eigenvalue weighted by molar-refractivity contribution is 7.80. The number of hydrogen-bond acceptors (Lipinski definition) is 4. The number of nitrogens with one attached hydrogen (secondary N) is 1. The number of thiocarbonyl (C=S) groups is 1. The number of nitrogens with two attached hydrogens (primary N) is 1. The average molecular weight is 277 g/mol. The molecule has 0 saturated carbocycles. The van der Waals surface area contributed by atoms with Gasteiger partial charge in [0, 0.05) is 0 Å². The second-order valence-electron chi connectivity index (χ2n) is 4.88. The maximum atomic E-state index is 12.5.